The number of rotatable bonds is 6. The van der Waals surface area contributed by atoms with Crippen LogP contribution >= 0.6 is 0 Å². The van der Waals surface area contributed by atoms with E-state index < -0.39 is 17.4 Å². The summed E-state index contributed by atoms with van der Waals surface area (Å²) >= 11 is 0. The van der Waals surface area contributed by atoms with Gasteiger partial charge in [-0.2, -0.15) is 0 Å². The summed E-state index contributed by atoms with van der Waals surface area (Å²) in [5.41, 5.74) is -0.378. The predicted octanol–water partition coefficient (Wildman–Crippen LogP) is 2.10. The largest absolute Gasteiger partial charge is 0.472 e. The van der Waals surface area contributed by atoms with Crippen LogP contribution in [0.5, 0.6) is 0 Å². The maximum absolute atomic E-state index is 12.2. The van der Waals surface area contributed by atoms with Crippen LogP contribution in [0.1, 0.15) is 29.9 Å². The quantitative estimate of drug-likeness (QED) is 0.578. The number of hydrogen-bond donors (Lipinski definition) is 3. The summed E-state index contributed by atoms with van der Waals surface area (Å²) in [6.07, 6.45) is 4.17. The molecule has 0 aliphatic heterocycles. The number of furan rings is 2. The SMILES string of the molecule is C[C@H](NC(=O)C(=O)NC[C@@](O)(c1ccoc1)c1ccco1)c1ccccc1. The first-order valence-electron chi connectivity index (χ1n) is 8.43. The van der Waals surface area contributed by atoms with Gasteiger partial charge in [0.05, 0.1) is 31.4 Å². The molecule has 0 aliphatic carbocycles. The fourth-order valence-corrected chi connectivity index (χ4v) is 2.72. The molecule has 0 saturated heterocycles. The van der Waals surface area contributed by atoms with E-state index in [1.165, 1.54) is 18.8 Å². The molecule has 0 unspecified atom stereocenters. The lowest BCUT2D eigenvalue weighted by molar-refractivity contribution is -0.140. The van der Waals surface area contributed by atoms with Gasteiger partial charge in [0.2, 0.25) is 0 Å². The number of carbonyl (C=O) groups is 2. The molecule has 3 N–H and O–H groups in total. The molecular formula is C20H20N2O5. The number of aliphatic hydroxyl groups is 1. The average molecular weight is 368 g/mol. The molecule has 2 atom stereocenters. The van der Waals surface area contributed by atoms with E-state index in [0.717, 1.165) is 5.56 Å². The van der Waals surface area contributed by atoms with Gasteiger partial charge in [-0.15, -0.1) is 0 Å². The summed E-state index contributed by atoms with van der Waals surface area (Å²) in [4.78, 5) is 24.4. The molecule has 7 heteroatoms. The van der Waals surface area contributed by atoms with Crippen molar-refractivity contribution in [3.8, 4) is 0 Å². The third-order valence-electron chi connectivity index (χ3n) is 4.29. The molecule has 0 saturated carbocycles. The Morgan fingerprint density at radius 3 is 2.48 bits per heavy atom. The van der Waals surface area contributed by atoms with Gasteiger partial charge in [-0.3, -0.25) is 9.59 Å². The van der Waals surface area contributed by atoms with Crippen molar-refractivity contribution in [2.24, 2.45) is 0 Å². The first-order chi connectivity index (χ1) is 13.0. The highest BCUT2D eigenvalue weighted by Crippen LogP contribution is 2.29. The summed E-state index contributed by atoms with van der Waals surface area (Å²) in [7, 11) is 0. The molecule has 0 fully saturated rings. The van der Waals surface area contributed by atoms with Crippen LogP contribution in [0.2, 0.25) is 0 Å². The normalized spacial score (nSPS) is 14.1. The van der Waals surface area contributed by atoms with Crippen molar-refractivity contribution in [3.63, 3.8) is 0 Å². The van der Waals surface area contributed by atoms with Gasteiger partial charge in [-0.25, -0.2) is 0 Å². The first-order valence-corrected chi connectivity index (χ1v) is 8.43. The van der Waals surface area contributed by atoms with Gasteiger partial charge in [0.25, 0.3) is 0 Å². The highest BCUT2D eigenvalue weighted by molar-refractivity contribution is 6.35. The van der Waals surface area contributed by atoms with Crippen molar-refractivity contribution < 1.29 is 23.5 Å². The second-order valence-corrected chi connectivity index (χ2v) is 6.14. The Bertz CT molecular complexity index is 838. The van der Waals surface area contributed by atoms with Crippen molar-refractivity contribution in [2.75, 3.05) is 6.54 Å². The minimum Gasteiger partial charge on any atom is -0.472 e. The van der Waals surface area contributed by atoms with E-state index in [1.54, 1.807) is 25.1 Å². The molecule has 2 amide bonds. The van der Waals surface area contributed by atoms with E-state index in [-0.39, 0.29) is 18.3 Å². The highest BCUT2D eigenvalue weighted by atomic mass is 16.4. The third kappa shape index (κ3) is 4.09. The van der Waals surface area contributed by atoms with Crippen molar-refractivity contribution in [2.45, 2.75) is 18.6 Å². The number of benzene rings is 1. The van der Waals surface area contributed by atoms with E-state index in [4.69, 9.17) is 8.83 Å². The van der Waals surface area contributed by atoms with E-state index in [0.29, 0.717) is 5.56 Å². The Hall–Kier alpha value is -3.32. The Morgan fingerprint density at radius 1 is 1.07 bits per heavy atom. The van der Waals surface area contributed by atoms with E-state index in [2.05, 4.69) is 10.6 Å². The molecule has 1 aromatic carbocycles. The lowest BCUT2D eigenvalue weighted by Gasteiger charge is -2.25. The van der Waals surface area contributed by atoms with E-state index in [1.807, 2.05) is 30.3 Å². The molecule has 2 heterocycles. The molecule has 0 spiro atoms. The smallest absolute Gasteiger partial charge is 0.309 e. The van der Waals surface area contributed by atoms with Gasteiger partial charge in [-0.1, -0.05) is 30.3 Å². The van der Waals surface area contributed by atoms with Crippen LogP contribution in [0.25, 0.3) is 0 Å². The molecule has 7 nitrogen and oxygen atoms in total. The Kier molecular flexibility index (Phi) is 5.42. The molecule has 27 heavy (non-hydrogen) atoms. The van der Waals surface area contributed by atoms with Gasteiger partial charge in [0, 0.05) is 5.56 Å². The van der Waals surface area contributed by atoms with Crippen LogP contribution in [-0.4, -0.2) is 23.5 Å². The van der Waals surface area contributed by atoms with Gasteiger partial charge in [-0.05, 0) is 30.7 Å². The first kappa shape index (κ1) is 18.5. The van der Waals surface area contributed by atoms with Crippen LogP contribution in [0.4, 0.5) is 0 Å². The van der Waals surface area contributed by atoms with Crippen molar-refractivity contribution in [3.05, 3.63) is 84.2 Å². The predicted molar refractivity (Wildman–Crippen MR) is 96.4 cm³/mol. The number of hydrogen-bond acceptors (Lipinski definition) is 5. The molecule has 2 aromatic heterocycles. The minimum absolute atomic E-state index is 0.224. The topological polar surface area (TPSA) is 105 Å². The Balaban J connectivity index is 1.65. The van der Waals surface area contributed by atoms with E-state index >= 15 is 0 Å². The van der Waals surface area contributed by atoms with Gasteiger partial charge in [0.1, 0.15) is 5.76 Å². The summed E-state index contributed by atoms with van der Waals surface area (Å²) < 4.78 is 10.3. The summed E-state index contributed by atoms with van der Waals surface area (Å²) in [6.45, 7) is 1.52. The lowest BCUT2D eigenvalue weighted by atomic mass is 9.93. The second-order valence-electron chi connectivity index (χ2n) is 6.14. The Morgan fingerprint density at radius 2 is 1.85 bits per heavy atom. The van der Waals surface area contributed by atoms with Crippen molar-refractivity contribution in [1.29, 1.82) is 0 Å². The molecule has 140 valence electrons. The maximum atomic E-state index is 12.2. The number of amides is 2. The van der Waals surface area contributed by atoms with Crippen LogP contribution in [0.3, 0.4) is 0 Å². The van der Waals surface area contributed by atoms with Gasteiger partial charge < -0.3 is 24.6 Å². The summed E-state index contributed by atoms with van der Waals surface area (Å²) in [6, 6.07) is 13.7. The van der Waals surface area contributed by atoms with Crippen molar-refractivity contribution in [1.82, 2.24) is 10.6 Å². The van der Waals surface area contributed by atoms with Gasteiger partial charge >= 0.3 is 11.8 Å². The number of nitrogens with one attached hydrogen (secondary N) is 2. The number of carbonyl (C=O) groups excluding carboxylic acids is 2. The van der Waals surface area contributed by atoms with Crippen LogP contribution in [0, 0.1) is 0 Å². The van der Waals surface area contributed by atoms with Crippen LogP contribution in [0.15, 0.2) is 76.2 Å². The second kappa shape index (κ2) is 7.92. The fraction of sp³-hybridized carbons (Fsp3) is 0.200. The third-order valence-corrected chi connectivity index (χ3v) is 4.29. The summed E-state index contributed by atoms with van der Waals surface area (Å²) in [5.74, 6) is -1.42. The summed E-state index contributed by atoms with van der Waals surface area (Å²) in [5, 5.41) is 16.1. The molecule has 0 aliphatic rings. The Labute approximate surface area is 156 Å². The molecular weight excluding hydrogens is 348 g/mol. The molecule has 0 bridgehead atoms. The monoisotopic (exact) mass is 368 g/mol. The zero-order valence-corrected chi connectivity index (χ0v) is 14.7. The molecule has 3 rings (SSSR count). The zero-order chi connectivity index (χ0) is 19.3. The van der Waals surface area contributed by atoms with Crippen molar-refractivity contribution >= 4 is 11.8 Å². The maximum Gasteiger partial charge on any atom is 0.309 e. The van der Waals surface area contributed by atoms with Crippen LogP contribution in [-0.2, 0) is 15.2 Å². The van der Waals surface area contributed by atoms with Gasteiger partial charge in [0.15, 0.2) is 5.60 Å². The average Bonchev–Trinajstić information content (AvgIpc) is 3.40. The van der Waals surface area contributed by atoms with E-state index in [9.17, 15) is 14.7 Å². The van der Waals surface area contributed by atoms with Crippen LogP contribution < -0.4 is 10.6 Å². The zero-order valence-electron chi connectivity index (χ0n) is 14.7. The highest BCUT2D eigenvalue weighted by Gasteiger charge is 2.36. The molecule has 3 aromatic rings. The fourth-order valence-electron chi connectivity index (χ4n) is 2.72. The standard InChI is InChI=1S/C20H20N2O5/c1-14(15-6-3-2-4-7-15)22-19(24)18(23)21-13-20(25,16-9-11-26-12-16)17-8-5-10-27-17/h2-12,14,25H,13H2,1H3,(H,21,23)(H,22,24)/t14-,20+/m0/s1. The minimum atomic E-state index is -1.66. The lowest BCUT2D eigenvalue weighted by Crippen LogP contribution is -2.47. The molecule has 0 radical (unpaired) electrons.